The lowest BCUT2D eigenvalue weighted by Crippen LogP contribution is -2.04. The second-order valence-electron chi connectivity index (χ2n) is 3.99. The summed E-state index contributed by atoms with van der Waals surface area (Å²) in [4.78, 5) is 10.4. The first kappa shape index (κ1) is 14.6. The van der Waals surface area contributed by atoms with Gasteiger partial charge in [0.2, 0.25) is 0 Å². The van der Waals surface area contributed by atoms with Gasteiger partial charge in [0.1, 0.15) is 11.5 Å². The Labute approximate surface area is 124 Å². The molecule has 7 heteroatoms. The van der Waals surface area contributed by atoms with Crippen LogP contribution in [-0.2, 0) is 6.54 Å². The SMILES string of the molecule is O=[N+]([O-])c1ccc(Cl)cc1NCc1cccc(Cl)c1F. The van der Waals surface area contributed by atoms with Crippen LogP contribution in [0.25, 0.3) is 0 Å². The quantitative estimate of drug-likeness (QED) is 0.660. The molecule has 0 radical (unpaired) electrons. The first-order valence-electron chi connectivity index (χ1n) is 5.59. The number of nitrogens with zero attached hydrogens (tertiary/aromatic N) is 1. The third-order valence-electron chi connectivity index (χ3n) is 2.66. The summed E-state index contributed by atoms with van der Waals surface area (Å²) in [7, 11) is 0. The number of nitrogens with one attached hydrogen (secondary N) is 1. The monoisotopic (exact) mass is 314 g/mol. The molecule has 2 rings (SSSR count). The Balaban J connectivity index is 2.24. The molecule has 0 saturated carbocycles. The molecule has 0 heterocycles. The molecule has 0 spiro atoms. The molecule has 0 aliphatic rings. The number of halogens is 3. The van der Waals surface area contributed by atoms with Crippen molar-refractivity contribution in [3.05, 3.63) is 67.9 Å². The maximum Gasteiger partial charge on any atom is 0.292 e. The maximum absolute atomic E-state index is 13.7. The highest BCUT2D eigenvalue weighted by atomic mass is 35.5. The van der Waals surface area contributed by atoms with Crippen LogP contribution in [0.15, 0.2) is 36.4 Å². The summed E-state index contributed by atoms with van der Waals surface area (Å²) in [6, 6.07) is 8.72. The molecular weight excluding hydrogens is 306 g/mol. The van der Waals surface area contributed by atoms with E-state index in [1.165, 1.54) is 24.3 Å². The highest BCUT2D eigenvalue weighted by Gasteiger charge is 2.14. The van der Waals surface area contributed by atoms with E-state index in [1.807, 2.05) is 0 Å². The molecule has 0 unspecified atom stereocenters. The molecule has 0 fully saturated rings. The minimum atomic E-state index is -0.550. The molecule has 2 aromatic rings. The molecule has 0 aliphatic heterocycles. The van der Waals surface area contributed by atoms with Gasteiger partial charge in [-0.2, -0.15) is 0 Å². The van der Waals surface area contributed by atoms with Gasteiger partial charge in [0.25, 0.3) is 5.69 Å². The summed E-state index contributed by atoms with van der Waals surface area (Å²) >= 11 is 11.5. The van der Waals surface area contributed by atoms with Crippen molar-refractivity contribution in [1.29, 1.82) is 0 Å². The van der Waals surface area contributed by atoms with Crippen LogP contribution in [0, 0.1) is 15.9 Å². The van der Waals surface area contributed by atoms with Gasteiger partial charge in [-0.1, -0.05) is 35.3 Å². The van der Waals surface area contributed by atoms with E-state index < -0.39 is 10.7 Å². The van der Waals surface area contributed by atoms with Crippen LogP contribution in [0.5, 0.6) is 0 Å². The van der Waals surface area contributed by atoms with Crippen molar-refractivity contribution in [3.8, 4) is 0 Å². The fraction of sp³-hybridized carbons (Fsp3) is 0.0769. The van der Waals surface area contributed by atoms with Gasteiger partial charge in [-0.15, -0.1) is 0 Å². The van der Waals surface area contributed by atoms with Gasteiger partial charge in [0.15, 0.2) is 0 Å². The van der Waals surface area contributed by atoms with E-state index in [0.717, 1.165) is 0 Å². The van der Waals surface area contributed by atoms with Gasteiger partial charge in [-0.3, -0.25) is 10.1 Å². The zero-order valence-corrected chi connectivity index (χ0v) is 11.6. The predicted molar refractivity (Wildman–Crippen MR) is 76.8 cm³/mol. The first-order valence-corrected chi connectivity index (χ1v) is 6.35. The molecule has 20 heavy (non-hydrogen) atoms. The largest absolute Gasteiger partial charge is 0.375 e. The molecule has 0 aromatic heterocycles. The summed E-state index contributed by atoms with van der Waals surface area (Å²) in [5, 5.41) is 14.0. The Kier molecular flexibility index (Phi) is 4.42. The molecule has 0 atom stereocenters. The van der Waals surface area contributed by atoms with Crippen molar-refractivity contribution in [2.45, 2.75) is 6.54 Å². The Morgan fingerprint density at radius 1 is 1.25 bits per heavy atom. The van der Waals surface area contributed by atoms with E-state index in [-0.39, 0.29) is 22.9 Å². The first-order chi connectivity index (χ1) is 9.49. The number of rotatable bonds is 4. The van der Waals surface area contributed by atoms with Crippen LogP contribution >= 0.6 is 23.2 Å². The van der Waals surface area contributed by atoms with Crippen molar-refractivity contribution in [1.82, 2.24) is 0 Å². The summed E-state index contributed by atoms with van der Waals surface area (Å²) in [5.41, 5.74) is 0.408. The molecular formula is C13H9Cl2FN2O2. The Morgan fingerprint density at radius 2 is 2.00 bits per heavy atom. The molecule has 0 saturated heterocycles. The van der Waals surface area contributed by atoms with Crippen molar-refractivity contribution in [3.63, 3.8) is 0 Å². The lowest BCUT2D eigenvalue weighted by atomic mass is 10.2. The molecule has 0 aliphatic carbocycles. The van der Waals surface area contributed by atoms with Crippen molar-refractivity contribution >= 4 is 34.6 Å². The molecule has 104 valence electrons. The Hall–Kier alpha value is -1.85. The second-order valence-corrected chi connectivity index (χ2v) is 4.83. The van der Waals surface area contributed by atoms with E-state index in [1.54, 1.807) is 12.1 Å². The van der Waals surface area contributed by atoms with Crippen LogP contribution in [-0.4, -0.2) is 4.92 Å². The second kappa shape index (κ2) is 6.07. The molecule has 4 nitrogen and oxygen atoms in total. The maximum atomic E-state index is 13.7. The lowest BCUT2D eigenvalue weighted by Gasteiger charge is -2.09. The van der Waals surface area contributed by atoms with Crippen molar-refractivity contribution < 1.29 is 9.31 Å². The van der Waals surface area contributed by atoms with Gasteiger partial charge in [-0.05, 0) is 18.2 Å². The number of nitro groups is 1. The molecule has 0 amide bonds. The third-order valence-corrected chi connectivity index (χ3v) is 3.18. The minimum Gasteiger partial charge on any atom is -0.375 e. The zero-order valence-electron chi connectivity index (χ0n) is 10.1. The average Bonchev–Trinajstić information content (AvgIpc) is 2.40. The third kappa shape index (κ3) is 3.18. The normalized spacial score (nSPS) is 10.3. The minimum absolute atomic E-state index is 0.00453. The van der Waals surface area contributed by atoms with E-state index >= 15 is 0 Å². The molecule has 2 aromatic carbocycles. The summed E-state index contributed by atoms with van der Waals surface area (Å²) in [6.45, 7) is 0.0631. The van der Waals surface area contributed by atoms with Crippen LogP contribution in [0.2, 0.25) is 10.0 Å². The lowest BCUT2D eigenvalue weighted by molar-refractivity contribution is -0.384. The van der Waals surface area contributed by atoms with Crippen molar-refractivity contribution in [2.75, 3.05) is 5.32 Å². The fourth-order valence-electron chi connectivity index (χ4n) is 1.68. The number of nitro benzene ring substituents is 1. The number of anilines is 1. The Bertz CT molecular complexity index is 665. The van der Waals surface area contributed by atoms with Gasteiger partial charge in [-0.25, -0.2) is 4.39 Å². The molecule has 0 bridgehead atoms. The van der Waals surface area contributed by atoms with Crippen LogP contribution in [0.4, 0.5) is 15.8 Å². The van der Waals surface area contributed by atoms with Gasteiger partial charge < -0.3 is 5.32 Å². The average molecular weight is 315 g/mol. The van der Waals surface area contributed by atoms with Crippen LogP contribution < -0.4 is 5.32 Å². The van der Waals surface area contributed by atoms with E-state index in [0.29, 0.717) is 10.6 Å². The Morgan fingerprint density at radius 3 is 2.70 bits per heavy atom. The smallest absolute Gasteiger partial charge is 0.292 e. The van der Waals surface area contributed by atoms with Gasteiger partial charge in [0.05, 0.1) is 9.95 Å². The standard InChI is InChI=1S/C13H9Cl2FN2O2/c14-9-4-5-12(18(19)20)11(6-9)17-7-8-2-1-3-10(15)13(8)16/h1-6,17H,7H2. The summed E-state index contributed by atoms with van der Waals surface area (Å²) in [5.74, 6) is -0.550. The predicted octanol–water partition coefficient (Wildman–Crippen LogP) is 4.65. The van der Waals surface area contributed by atoms with E-state index in [4.69, 9.17) is 23.2 Å². The summed E-state index contributed by atoms with van der Waals surface area (Å²) < 4.78 is 13.7. The summed E-state index contributed by atoms with van der Waals surface area (Å²) in [6.07, 6.45) is 0. The zero-order chi connectivity index (χ0) is 14.7. The van der Waals surface area contributed by atoms with E-state index in [2.05, 4.69) is 5.32 Å². The fourth-order valence-corrected chi connectivity index (χ4v) is 2.05. The number of hydrogen-bond acceptors (Lipinski definition) is 3. The van der Waals surface area contributed by atoms with Crippen LogP contribution in [0.1, 0.15) is 5.56 Å². The number of hydrogen-bond donors (Lipinski definition) is 1. The van der Waals surface area contributed by atoms with E-state index in [9.17, 15) is 14.5 Å². The van der Waals surface area contributed by atoms with Crippen LogP contribution in [0.3, 0.4) is 0 Å². The highest BCUT2D eigenvalue weighted by molar-refractivity contribution is 6.31. The highest BCUT2D eigenvalue weighted by Crippen LogP contribution is 2.28. The topological polar surface area (TPSA) is 55.2 Å². The number of benzene rings is 2. The van der Waals surface area contributed by atoms with Gasteiger partial charge in [0, 0.05) is 23.2 Å². The van der Waals surface area contributed by atoms with Crippen molar-refractivity contribution in [2.24, 2.45) is 0 Å². The van der Waals surface area contributed by atoms with Gasteiger partial charge >= 0.3 is 0 Å². The molecule has 1 N–H and O–H groups in total.